The Balaban J connectivity index is 0.000000152. The molecule has 6 rings (SSSR count). The van der Waals surface area contributed by atoms with Gasteiger partial charge in [0.15, 0.2) is 0 Å². The van der Waals surface area contributed by atoms with E-state index in [2.05, 4.69) is 78.9 Å². The summed E-state index contributed by atoms with van der Waals surface area (Å²) in [5, 5.41) is 9.44. The first kappa shape index (κ1) is 21.5. The van der Waals surface area contributed by atoms with Crippen LogP contribution >= 0.6 is 0 Å². The van der Waals surface area contributed by atoms with Gasteiger partial charge in [0.2, 0.25) is 0 Å². The van der Waals surface area contributed by atoms with Gasteiger partial charge in [-0.25, -0.2) is 0 Å². The van der Waals surface area contributed by atoms with Crippen LogP contribution < -0.4 is 0 Å². The number of benzene rings is 5. The zero-order chi connectivity index (χ0) is 23.2. The zero-order valence-corrected chi connectivity index (χ0v) is 18.9. The summed E-state index contributed by atoms with van der Waals surface area (Å²) in [6, 6.07) is 43.2. The molecule has 5 aromatic rings. The molecule has 0 radical (unpaired) electrons. The monoisotopic (exact) mass is 438 g/mol. The van der Waals surface area contributed by atoms with Crippen LogP contribution in [-0.2, 0) is 6.42 Å². The third-order valence-electron chi connectivity index (χ3n) is 6.10. The molecule has 0 aromatic heterocycles. The van der Waals surface area contributed by atoms with E-state index in [4.69, 9.17) is 0 Å². The number of aromatic hydroxyl groups is 1. The van der Waals surface area contributed by atoms with Gasteiger partial charge in [0, 0.05) is 0 Å². The normalized spacial score (nSPS) is 11.4. The van der Waals surface area contributed by atoms with Gasteiger partial charge in [-0.3, -0.25) is 0 Å². The first-order chi connectivity index (χ1) is 16.8. The maximum Gasteiger partial charge on any atom is 0.115 e. The second kappa shape index (κ2) is 10.1. The van der Waals surface area contributed by atoms with Crippen molar-refractivity contribution in [2.45, 2.75) is 6.42 Å². The molecule has 0 fully saturated rings. The minimum absolute atomic E-state index is 0.310. The van der Waals surface area contributed by atoms with Crippen molar-refractivity contribution < 1.29 is 5.11 Å². The van der Waals surface area contributed by atoms with Gasteiger partial charge in [-0.05, 0) is 63.1 Å². The van der Waals surface area contributed by atoms with Gasteiger partial charge in [-0.2, -0.15) is 0 Å². The summed E-state index contributed by atoms with van der Waals surface area (Å²) in [6.07, 6.45) is 5.23. The van der Waals surface area contributed by atoms with Gasteiger partial charge in [0.25, 0.3) is 0 Å². The number of fused-ring (bicyclic) bond motifs is 3. The van der Waals surface area contributed by atoms with Gasteiger partial charge in [-0.1, -0.05) is 127 Å². The van der Waals surface area contributed by atoms with E-state index in [-0.39, 0.29) is 0 Å². The number of hydrogen-bond acceptors (Lipinski definition) is 1. The Hall–Kier alpha value is -4.36. The fourth-order valence-corrected chi connectivity index (χ4v) is 4.39. The van der Waals surface area contributed by atoms with Crippen molar-refractivity contribution in [3.8, 4) is 28.0 Å². The highest BCUT2D eigenvalue weighted by molar-refractivity contribution is 5.84. The van der Waals surface area contributed by atoms with E-state index in [0.717, 1.165) is 12.0 Å². The Morgan fingerprint density at radius 2 is 1.00 bits per heavy atom. The maximum absolute atomic E-state index is 9.44. The highest BCUT2D eigenvalue weighted by atomic mass is 16.3. The fraction of sp³-hybridized carbons (Fsp3) is 0.0303. The van der Waals surface area contributed by atoms with Gasteiger partial charge >= 0.3 is 0 Å². The van der Waals surface area contributed by atoms with Crippen molar-refractivity contribution in [2.24, 2.45) is 0 Å². The molecule has 0 heterocycles. The molecule has 1 aliphatic carbocycles. The molecular weight excluding hydrogens is 412 g/mol. The summed E-state index contributed by atoms with van der Waals surface area (Å²) in [6.45, 7) is 0. The first-order valence-corrected chi connectivity index (χ1v) is 11.6. The van der Waals surface area contributed by atoms with E-state index in [9.17, 15) is 5.11 Å². The largest absolute Gasteiger partial charge is 0.508 e. The SMILES string of the molecule is C(=Cc1ccccc1)c1ccccc1.Oc1ccc(-c2cccc3c2Cc2ccccc2-3)cc1. The molecule has 1 aliphatic rings. The van der Waals surface area contributed by atoms with Crippen LogP contribution in [0.25, 0.3) is 34.4 Å². The molecular formula is C33H26O. The lowest BCUT2D eigenvalue weighted by atomic mass is 9.96. The average molecular weight is 439 g/mol. The quantitative estimate of drug-likeness (QED) is 0.275. The summed E-state index contributed by atoms with van der Waals surface area (Å²) in [5.74, 6) is 0.310. The van der Waals surface area contributed by atoms with E-state index in [1.54, 1.807) is 12.1 Å². The van der Waals surface area contributed by atoms with Crippen LogP contribution in [0.15, 0.2) is 127 Å². The second-order valence-electron chi connectivity index (χ2n) is 8.37. The van der Waals surface area contributed by atoms with Crippen LogP contribution in [-0.4, -0.2) is 5.11 Å². The molecule has 0 spiro atoms. The molecule has 0 unspecified atom stereocenters. The number of phenols is 1. The maximum atomic E-state index is 9.44. The Bertz CT molecular complexity index is 1360. The Morgan fingerprint density at radius 1 is 0.471 bits per heavy atom. The molecule has 1 heteroatoms. The Kier molecular flexibility index (Phi) is 6.36. The van der Waals surface area contributed by atoms with Crippen LogP contribution in [0.5, 0.6) is 5.75 Å². The van der Waals surface area contributed by atoms with Crippen molar-refractivity contribution in [1.29, 1.82) is 0 Å². The fourth-order valence-electron chi connectivity index (χ4n) is 4.39. The lowest BCUT2D eigenvalue weighted by molar-refractivity contribution is 0.475. The first-order valence-electron chi connectivity index (χ1n) is 11.6. The highest BCUT2D eigenvalue weighted by Crippen LogP contribution is 2.41. The predicted molar refractivity (Wildman–Crippen MR) is 144 cm³/mol. The molecule has 0 saturated carbocycles. The minimum atomic E-state index is 0.310. The van der Waals surface area contributed by atoms with Gasteiger partial charge < -0.3 is 5.11 Å². The summed E-state index contributed by atoms with van der Waals surface area (Å²) >= 11 is 0. The second-order valence-corrected chi connectivity index (χ2v) is 8.37. The van der Waals surface area contributed by atoms with E-state index < -0.39 is 0 Å². The number of rotatable bonds is 3. The van der Waals surface area contributed by atoms with Crippen LogP contribution in [0.3, 0.4) is 0 Å². The van der Waals surface area contributed by atoms with Crippen molar-refractivity contribution >= 4 is 12.2 Å². The van der Waals surface area contributed by atoms with E-state index in [1.165, 1.54) is 38.9 Å². The van der Waals surface area contributed by atoms with Gasteiger partial charge in [-0.15, -0.1) is 0 Å². The standard InChI is InChI=1S/C19H14O.C14H12/c20-15-10-8-13(9-11-15)16-6-3-7-18-17-5-2-1-4-14(17)12-19(16)18;1-3-7-13(8-4-1)11-12-14-9-5-2-6-10-14/h1-11,20H,12H2;1-12H. The molecule has 0 aliphatic heterocycles. The molecule has 34 heavy (non-hydrogen) atoms. The van der Waals surface area contributed by atoms with Crippen LogP contribution in [0, 0.1) is 0 Å². The molecule has 5 aromatic carbocycles. The van der Waals surface area contributed by atoms with Crippen LogP contribution in [0.1, 0.15) is 22.3 Å². The number of phenolic OH excluding ortho intramolecular Hbond substituents is 1. The predicted octanol–water partition coefficient (Wildman–Crippen LogP) is 8.49. The molecule has 0 amide bonds. The average Bonchev–Trinajstić information content (AvgIpc) is 3.29. The van der Waals surface area contributed by atoms with Crippen molar-refractivity contribution in [2.75, 3.05) is 0 Å². The summed E-state index contributed by atoms with van der Waals surface area (Å²) in [7, 11) is 0. The Labute approximate surface area is 201 Å². The highest BCUT2D eigenvalue weighted by Gasteiger charge is 2.20. The molecule has 0 atom stereocenters. The zero-order valence-electron chi connectivity index (χ0n) is 18.9. The molecule has 164 valence electrons. The lowest BCUT2D eigenvalue weighted by Gasteiger charge is -2.09. The summed E-state index contributed by atoms with van der Waals surface area (Å²) in [4.78, 5) is 0. The van der Waals surface area contributed by atoms with E-state index in [1.807, 2.05) is 48.5 Å². The third-order valence-corrected chi connectivity index (χ3v) is 6.10. The van der Waals surface area contributed by atoms with E-state index in [0.29, 0.717) is 5.75 Å². The van der Waals surface area contributed by atoms with Crippen molar-refractivity contribution in [3.05, 3.63) is 150 Å². The summed E-state index contributed by atoms with van der Waals surface area (Å²) < 4.78 is 0. The molecule has 1 nitrogen and oxygen atoms in total. The van der Waals surface area contributed by atoms with Crippen LogP contribution in [0.2, 0.25) is 0 Å². The smallest absolute Gasteiger partial charge is 0.115 e. The Morgan fingerprint density at radius 3 is 1.65 bits per heavy atom. The minimum Gasteiger partial charge on any atom is -0.508 e. The van der Waals surface area contributed by atoms with Crippen molar-refractivity contribution in [1.82, 2.24) is 0 Å². The van der Waals surface area contributed by atoms with E-state index >= 15 is 0 Å². The molecule has 0 bridgehead atoms. The third kappa shape index (κ3) is 4.84. The topological polar surface area (TPSA) is 20.2 Å². The molecule has 1 N–H and O–H groups in total. The number of hydrogen-bond donors (Lipinski definition) is 1. The molecule has 0 saturated heterocycles. The van der Waals surface area contributed by atoms with Crippen molar-refractivity contribution in [3.63, 3.8) is 0 Å². The lowest BCUT2D eigenvalue weighted by Crippen LogP contribution is -1.87. The van der Waals surface area contributed by atoms with Gasteiger partial charge in [0.05, 0.1) is 0 Å². The summed E-state index contributed by atoms with van der Waals surface area (Å²) in [5.41, 5.74) is 10.4. The van der Waals surface area contributed by atoms with Gasteiger partial charge in [0.1, 0.15) is 5.75 Å². The van der Waals surface area contributed by atoms with Crippen LogP contribution in [0.4, 0.5) is 0 Å².